The maximum atomic E-state index is 10.8. The van der Waals surface area contributed by atoms with Crippen LogP contribution in [-0.4, -0.2) is 10.1 Å². The summed E-state index contributed by atoms with van der Waals surface area (Å²) in [6, 6.07) is 11.2. The standard InChI is InChI=1S/C15H16ClNO/c1-2-15(18,11-12-7-9-17-10-8-12)13-3-5-14(16)6-4-13/h3-10,18H,2,11H2,1H3/t15-/m0/s1. The van der Waals surface area contributed by atoms with Gasteiger partial charge in [-0.05, 0) is 41.8 Å². The van der Waals surface area contributed by atoms with Gasteiger partial charge in [0.1, 0.15) is 0 Å². The van der Waals surface area contributed by atoms with Crippen molar-refractivity contribution in [2.75, 3.05) is 0 Å². The number of hydrogen-bond donors (Lipinski definition) is 1. The number of rotatable bonds is 4. The van der Waals surface area contributed by atoms with E-state index in [2.05, 4.69) is 4.98 Å². The molecule has 94 valence electrons. The molecule has 0 saturated heterocycles. The number of aliphatic hydroxyl groups is 1. The minimum atomic E-state index is -0.855. The van der Waals surface area contributed by atoms with Crippen molar-refractivity contribution in [1.82, 2.24) is 4.98 Å². The number of nitrogens with zero attached hydrogens (tertiary/aromatic N) is 1. The smallest absolute Gasteiger partial charge is 0.0934 e. The second-order valence-electron chi connectivity index (χ2n) is 4.42. The number of halogens is 1. The monoisotopic (exact) mass is 261 g/mol. The molecule has 0 aliphatic heterocycles. The maximum absolute atomic E-state index is 10.8. The van der Waals surface area contributed by atoms with Gasteiger partial charge in [0.05, 0.1) is 5.60 Å². The van der Waals surface area contributed by atoms with E-state index < -0.39 is 5.60 Å². The highest BCUT2D eigenvalue weighted by Crippen LogP contribution is 2.29. The Labute approximate surface area is 112 Å². The number of benzene rings is 1. The molecule has 0 bridgehead atoms. The van der Waals surface area contributed by atoms with Crippen LogP contribution in [0.15, 0.2) is 48.8 Å². The average molecular weight is 262 g/mol. The Balaban J connectivity index is 2.28. The van der Waals surface area contributed by atoms with Crippen molar-refractivity contribution < 1.29 is 5.11 Å². The molecule has 3 heteroatoms. The predicted molar refractivity (Wildman–Crippen MR) is 73.6 cm³/mol. The molecule has 0 spiro atoms. The summed E-state index contributed by atoms with van der Waals surface area (Å²) in [4.78, 5) is 3.99. The lowest BCUT2D eigenvalue weighted by atomic mass is 9.85. The molecule has 1 N–H and O–H groups in total. The van der Waals surface area contributed by atoms with Crippen LogP contribution in [0.1, 0.15) is 24.5 Å². The molecule has 0 fully saturated rings. The van der Waals surface area contributed by atoms with Gasteiger partial charge in [-0.25, -0.2) is 0 Å². The second-order valence-corrected chi connectivity index (χ2v) is 4.86. The van der Waals surface area contributed by atoms with Crippen molar-refractivity contribution in [3.05, 3.63) is 64.9 Å². The largest absolute Gasteiger partial charge is 0.385 e. The van der Waals surface area contributed by atoms with Gasteiger partial charge in [-0.3, -0.25) is 4.98 Å². The van der Waals surface area contributed by atoms with Gasteiger partial charge in [-0.15, -0.1) is 0 Å². The first kappa shape index (κ1) is 13.1. The number of aromatic nitrogens is 1. The van der Waals surface area contributed by atoms with Crippen molar-refractivity contribution >= 4 is 11.6 Å². The predicted octanol–water partition coefficient (Wildman–Crippen LogP) is 3.58. The molecular formula is C15H16ClNO. The highest BCUT2D eigenvalue weighted by Gasteiger charge is 2.27. The quantitative estimate of drug-likeness (QED) is 0.913. The lowest BCUT2D eigenvalue weighted by molar-refractivity contribution is 0.0327. The Kier molecular flexibility index (Phi) is 4.00. The third-order valence-electron chi connectivity index (χ3n) is 3.21. The molecule has 2 nitrogen and oxygen atoms in total. The SMILES string of the molecule is CC[C@](O)(Cc1ccncc1)c1ccc(Cl)cc1. The van der Waals surface area contributed by atoms with Gasteiger partial charge in [0.2, 0.25) is 0 Å². The summed E-state index contributed by atoms with van der Waals surface area (Å²) < 4.78 is 0. The Morgan fingerprint density at radius 3 is 2.28 bits per heavy atom. The molecule has 2 rings (SSSR count). The van der Waals surface area contributed by atoms with E-state index in [1.54, 1.807) is 12.4 Å². The maximum Gasteiger partial charge on any atom is 0.0934 e. The molecule has 0 radical (unpaired) electrons. The molecule has 2 aromatic rings. The first-order valence-electron chi connectivity index (χ1n) is 6.01. The molecule has 1 aromatic heterocycles. The van der Waals surface area contributed by atoms with E-state index >= 15 is 0 Å². The van der Waals surface area contributed by atoms with Crippen molar-refractivity contribution in [1.29, 1.82) is 0 Å². The summed E-state index contributed by atoms with van der Waals surface area (Å²) in [6.45, 7) is 1.98. The van der Waals surface area contributed by atoms with Gasteiger partial charge in [0.25, 0.3) is 0 Å². The topological polar surface area (TPSA) is 33.1 Å². The molecule has 18 heavy (non-hydrogen) atoms. The first-order chi connectivity index (χ1) is 8.64. The van der Waals surface area contributed by atoms with Crippen molar-refractivity contribution in [2.24, 2.45) is 0 Å². The molecule has 0 unspecified atom stereocenters. The van der Waals surface area contributed by atoms with Crippen LogP contribution in [0.5, 0.6) is 0 Å². The third kappa shape index (κ3) is 2.89. The van der Waals surface area contributed by atoms with Gasteiger partial charge in [0, 0.05) is 23.8 Å². The van der Waals surface area contributed by atoms with E-state index in [0.29, 0.717) is 17.9 Å². The van der Waals surface area contributed by atoms with Crippen LogP contribution < -0.4 is 0 Å². The molecule has 0 aliphatic rings. The van der Waals surface area contributed by atoms with E-state index in [1.807, 2.05) is 43.3 Å². The summed E-state index contributed by atoms with van der Waals surface area (Å²) in [7, 11) is 0. The molecule has 1 heterocycles. The minimum Gasteiger partial charge on any atom is -0.385 e. The fourth-order valence-electron chi connectivity index (χ4n) is 2.03. The van der Waals surface area contributed by atoms with Gasteiger partial charge in [0.15, 0.2) is 0 Å². The average Bonchev–Trinajstić information content (AvgIpc) is 2.40. The van der Waals surface area contributed by atoms with E-state index in [9.17, 15) is 5.11 Å². The third-order valence-corrected chi connectivity index (χ3v) is 3.46. The number of pyridine rings is 1. The van der Waals surface area contributed by atoms with Crippen LogP contribution in [0, 0.1) is 0 Å². The van der Waals surface area contributed by atoms with Gasteiger partial charge >= 0.3 is 0 Å². The Bertz CT molecular complexity index is 498. The highest BCUT2D eigenvalue weighted by atomic mass is 35.5. The Morgan fingerprint density at radius 2 is 1.72 bits per heavy atom. The van der Waals surface area contributed by atoms with Crippen molar-refractivity contribution in [3.63, 3.8) is 0 Å². The zero-order valence-electron chi connectivity index (χ0n) is 10.3. The zero-order chi connectivity index (χ0) is 13.0. The fraction of sp³-hybridized carbons (Fsp3) is 0.267. The molecule has 0 aliphatic carbocycles. The van der Waals surface area contributed by atoms with Crippen molar-refractivity contribution in [3.8, 4) is 0 Å². The summed E-state index contributed by atoms with van der Waals surface area (Å²) in [6.07, 6.45) is 4.71. The lowest BCUT2D eigenvalue weighted by Crippen LogP contribution is -2.27. The fourth-order valence-corrected chi connectivity index (χ4v) is 2.16. The molecule has 1 aromatic carbocycles. The van der Waals surface area contributed by atoms with E-state index in [1.165, 1.54) is 0 Å². The molecule has 0 saturated carbocycles. The number of hydrogen-bond acceptors (Lipinski definition) is 2. The van der Waals surface area contributed by atoms with E-state index in [0.717, 1.165) is 11.1 Å². The molecular weight excluding hydrogens is 246 g/mol. The highest BCUT2D eigenvalue weighted by molar-refractivity contribution is 6.30. The lowest BCUT2D eigenvalue weighted by Gasteiger charge is -2.27. The van der Waals surface area contributed by atoms with Gasteiger partial charge in [-0.2, -0.15) is 0 Å². The zero-order valence-corrected chi connectivity index (χ0v) is 11.1. The summed E-state index contributed by atoms with van der Waals surface area (Å²) in [5.74, 6) is 0. The van der Waals surface area contributed by atoms with E-state index in [4.69, 9.17) is 11.6 Å². The van der Waals surface area contributed by atoms with Crippen LogP contribution in [0.25, 0.3) is 0 Å². The van der Waals surface area contributed by atoms with Gasteiger partial charge in [-0.1, -0.05) is 30.7 Å². The summed E-state index contributed by atoms with van der Waals surface area (Å²) in [5, 5.41) is 11.5. The van der Waals surface area contributed by atoms with Crippen LogP contribution in [-0.2, 0) is 12.0 Å². The van der Waals surface area contributed by atoms with Crippen LogP contribution in [0.2, 0.25) is 5.02 Å². The second kappa shape index (κ2) is 5.51. The summed E-state index contributed by atoms with van der Waals surface area (Å²) >= 11 is 5.88. The Morgan fingerprint density at radius 1 is 1.11 bits per heavy atom. The van der Waals surface area contributed by atoms with Crippen molar-refractivity contribution in [2.45, 2.75) is 25.4 Å². The van der Waals surface area contributed by atoms with Crippen LogP contribution in [0.4, 0.5) is 0 Å². The minimum absolute atomic E-state index is 0.577. The summed E-state index contributed by atoms with van der Waals surface area (Å²) in [5.41, 5.74) is 1.11. The molecule has 0 amide bonds. The first-order valence-corrected chi connectivity index (χ1v) is 6.39. The van der Waals surface area contributed by atoms with Crippen LogP contribution >= 0.6 is 11.6 Å². The van der Waals surface area contributed by atoms with Crippen LogP contribution in [0.3, 0.4) is 0 Å². The Hall–Kier alpha value is -1.38. The normalized spacial score (nSPS) is 14.2. The van der Waals surface area contributed by atoms with E-state index in [-0.39, 0.29) is 0 Å². The van der Waals surface area contributed by atoms with Gasteiger partial charge < -0.3 is 5.11 Å². The molecule has 1 atom stereocenters.